The Morgan fingerprint density at radius 2 is 1.78 bits per heavy atom. The van der Waals surface area contributed by atoms with E-state index in [4.69, 9.17) is 14.6 Å². The molecular formula is C27H32F4N2O4. The summed E-state index contributed by atoms with van der Waals surface area (Å²) < 4.78 is 59.1. The molecule has 0 aromatic heterocycles. The molecular weight excluding hydrogens is 492 g/mol. The zero-order valence-corrected chi connectivity index (χ0v) is 20.7. The number of carbonyl (C=O) groups excluding carboxylic acids is 1. The molecule has 0 radical (unpaired) electrons. The quantitative estimate of drug-likeness (QED) is 0.299. The normalized spacial score (nSPS) is 23.4. The highest BCUT2D eigenvalue weighted by Crippen LogP contribution is 2.44. The van der Waals surface area contributed by atoms with E-state index in [0.717, 1.165) is 42.6 Å². The van der Waals surface area contributed by atoms with Crippen LogP contribution in [0, 0.1) is 23.6 Å². The Bertz CT molecular complexity index is 1060. The van der Waals surface area contributed by atoms with E-state index in [9.17, 15) is 22.4 Å². The molecule has 4 atom stereocenters. The molecule has 2 fully saturated rings. The van der Waals surface area contributed by atoms with E-state index < -0.39 is 29.4 Å². The largest absolute Gasteiger partial charge is 0.483 e. The minimum absolute atomic E-state index is 0.0567. The smallest absolute Gasteiger partial charge is 0.416 e. The summed E-state index contributed by atoms with van der Waals surface area (Å²) >= 11 is 0. The van der Waals surface area contributed by atoms with Crippen molar-refractivity contribution in [2.24, 2.45) is 17.8 Å². The van der Waals surface area contributed by atoms with E-state index in [1.807, 2.05) is 38.2 Å². The molecule has 2 aromatic carbocycles. The van der Waals surface area contributed by atoms with Gasteiger partial charge < -0.3 is 20.5 Å². The number of hydrogen-bond donors (Lipinski definition) is 3. The van der Waals surface area contributed by atoms with Crippen molar-refractivity contribution in [2.75, 3.05) is 24.3 Å². The molecule has 202 valence electrons. The molecule has 6 nitrogen and oxygen atoms in total. The van der Waals surface area contributed by atoms with Crippen LogP contribution < -0.4 is 10.6 Å². The molecule has 1 amide bonds. The van der Waals surface area contributed by atoms with Crippen molar-refractivity contribution in [3.8, 4) is 0 Å². The second-order valence-electron chi connectivity index (χ2n) is 9.60. The van der Waals surface area contributed by atoms with Gasteiger partial charge in [-0.3, -0.25) is 9.59 Å². The SMILES string of the molecule is CNc1ccc(C2CC(OCC3CC3)CC(C(=O)Nc3ccc(C(F)(F)F)cc3F)[C@@H]2C)cc1.O=CO. The van der Waals surface area contributed by atoms with Gasteiger partial charge in [-0.1, -0.05) is 19.1 Å². The van der Waals surface area contributed by atoms with Crippen molar-refractivity contribution in [1.29, 1.82) is 0 Å². The molecule has 2 saturated carbocycles. The number of nitrogens with one attached hydrogen (secondary N) is 2. The Hall–Kier alpha value is -3.14. The van der Waals surface area contributed by atoms with Gasteiger partial charge in [0.05, 0.1) is 17.4 Å². The number of benzene rings is 2. The van der Waals surface area contributed by atoms with Crippen molar-refractivity contribution < 1.29 is 37.0 Å². The van der Waals surface area contributed by atoms with Crippen molar-refractivity contribution in [3.63, 3.8) is 0 Å². The fourth-order valence-electron chi connectivity index (χ4n) is 4.77. The fraction of sp³-hybridized carbons (Fsp3) is 0.481. The number of alkyl halides is 3. The standard InChI is InChI=1S/C26H30F4N2O2.CH2O2/c1-15-21(17-5-8-19(31-2)9-6-17)12-20(34-14-16-3-4-16)13-22(15)25(33)32-24-10-7-18(11-23(24)27)26(28,29)30;2-1-3/h5-11,15-16,20-22,31H,3-4,12-14H2,1-2H3,(H,32,33);1H,(H,2,3)/t15-,20?,21?,22?;/m1./s1. The van der Waals surface area contributed by atoms with Crippen LogP contribution in [0.5, 0.6) is 0 Å². The zero-order chi connectivity index (χ0) is 27.2. The monoisotopic (exact) mass is 524 g/mol. The predicted octanol–water partition coefficient (Wildman–Crippen LogP) is 6.15. The highest BCUT2D eigenvalue weighted by molar-refractivity contribution is 5.93. The topological polar surface area (TPSA) is 87.7 Å². The van der Waals surface area contributed by atoms with Gasteiger partial charge in [0.1, 0.15) is 5.82 Å². The van der Waals surface area contributed by atoms with Gasteiger partial charge in [-0.15, -0.1) is 0 Å². The third kappa shape index (κ3) is 7.67. The second kappa shape index (κ2) is 12.4. The number of carbonyl (C=O) groups is 2. The van der Waals surface area contributed by atoms with E-state index in [2.05, 4.69) is 10.6 Å². The van der Waals surface area contributed by atoms with Crippen LogP contribution in [0.15, 0.2) is 42.5 Å². The summed E-state index contributed by atoms with van der Waals surface area (Å²) in [7, 11) is 1.85. The second-order valence-corrected chi connectivity index (χ2v) is 9.60. The molecule has 0 aliphatic heterocycles. The lowest BCUT2D eigenvalue weighted by atomic mass is 9.68. The molecule has 4 rings (SSSR count). The number of amides is 1. The lowest BCUT2D eigenvalue weighted by molar-refractivity contribution is -0.137. The third-order valence-electron chi connectivity index (χ3n) is 7.09. The van der Waals surface area contributed by atoms with Crippen LogP contribution in [0.1, 0.15) is 49.7 Å². The first-order valence-corrected chi connectivity index (χ1v) is 12.2. The highest BCUT2D eigenvalue weighted by atomic mass is 19.4. The molecule has 2 aliphatic carbocycles. The molecule has 37 heavy (non-hydrogen) atoms. The van der Waals surface area contributed by atoms with Crippen LogP contribution in [0.4, 0.5) is 28.9 Å². The molecule has 2 aliphatic rings. The van der Waals surface area contributed by atoms with Gasteiger partial charge in [0.2, 0.25) is 5.91 Å². The number of carboxylic acid groups (broad SMARTS) is 1. The first-order chi connectivity index (χ1) is 17.6. The van der Waals surface area contributed by atoms with Crippen LogP contribution in [0.25, 0.3) is 0 Å². The summed E-state index contributed by atoms with van der Waals surface area (Å²) in [6.07, 6.45) is -1.16. The van der Waals surface area contributed by atoms with Crippen molar-refractivity contribution in [1.82, 2.24) is 0 Å². The van der Waals surface area contributed by atoms with Gasteiger partial charge in [-0.2, -0.15) is 13.2 Å². The number of hydrogen-bond acceptors (Lipinski definition) is 4. The van der Waals surface area contributed by atoms with Crippen molar-refractivity contribution >= 4 is 23.8 Å². The van der Waals surface area contributed by atoms with Crippen LogP contribution in [-0.2, 0) is 20.5 Å². The van der Waals surface area contributed by atoms with E-state index in [-0.39, 0.29) is 30.1 Å². The molecule has 0 bridgehead atoms. The summed E-state index contributed by atoms with van der Waals surface area (Å²) in [4.78, 5) is 21.6. The van der Waals surface area contributed by atoms with E-state index in [1.54, 1.807) is 0 Å². The summed E-state index contributed by atoms with van der Waals surface area (Å²) in [5, 5.41) is 12.5. The lowest BCUT2D eigenvalue weighted by Gasteiger charge is -2.40. The van der Waals surface area contributed by atoms with Crippen LogP contribution in [0.3, 0.4) is 0 Å². The minimum Gasteiger partial charge on any atom is -0.483 e. The maximum atomic E-state index is 14.4. The van der Waals surface area contributed by atoms with Crippen molar-refractivity contribution in [2.45, 2.75) is 50.8 Å². The molecule has 2 aromatic rings. The molecule has 3 N–H and O–H groups in total. The summed E-state index contributed by atoms with van der Waals surface area (Å²) in [6.45, 7) is 2.42. The van der Waals surface area contributed by atoms with Gasteiger partial charge in [0.25, 0.3) is 6.47 Å². The van der Waals surface area contributed by atoms with Gasteiger partial charge >= 0.3 is 6.18 Å². The first-order valence-electron chi connectivity index (χ1n) is 12.2. The first kappa shape index (κ1) is 28.4. The number of ether oxygens (including phenoxy) is 1. The average Bonchev–Trinajstić information content (AvgIpc) is 3.69. The van der Waals surface area contributed by atoms with Crippen LogP contribution >= 0.6 is 0 Å². The maximum absolute atomic E-state index is 14.4. The van der Waals surface area contributed by atoms with Crippen LogP contribution in [-0.4, -0.2) is 37.2 Å². The summed E-state index contributed by atoms with van der Waals surface area (Å²) in [5.74, 6) is -1.37. The van der Waals surface area contributed by atoms with E-state index in [0.29, 0.717) is 25.0 Å². The number of halogens is 4. The third-order valence-corrected chi connectivity index (χ3v) is 7.09. The Labute approximate surface area is 213 Å². The lowest BCUT2D eigenvalue weighted by Crippen LogP contribution is -2.40. The average molecular weight is 525 g/mol. The van der Waals surface area contributed by atoms with Gasteiger partial charge in [-0.05, 0) is 79.3 Å². The van der Waals surface area contributed by atoms with E-state index >= 15 is 0 Å². The highest BCUT2D eigenvalue weighted by Gasteiger charge is 2.41. The predicted molar refractivity (Wildman–Crippen MR) is 132 cm³/mol. The summed E-state index contributed by atoms with van der Waals surface area (Å²) in [6, 6.07) is 10.2. The summed E-state index contributed by atoms with van der Waals surface area (Å²) in [5.41, 5.74) is 0.749. The maximum Gasteiger partial charge on any atom is 0.416 e. The number of anilines is 2. The zero-order valence-electron chi connectivity index (χ0n) is 20.7. The molecule has 3 unspecified atom stereocenters. The Morgan fingerprint density at radius 3 is 2.32 bits per heavy atom. The Morgan fingerprint density at radius 1 is 1.14 bits per heavy atom. The van der Waals surface area contributed by atoms with Crippen molar-refractivity contribution in [3.05, 3.63) is 59.4 Å². The van der Waals surface area contributed by atoms with E-state index in [1.165, 1.54) is 0 Å². The molecule has 0 spiro atoms. The minimum atomic E-state index is -4.65. The van der Waals surface area contributed by atoms with Gasteiger partial charge in [0.15, 0.2) is 0 Å². The van der Waals surface area contributed by atoms with Gasteiger partial charge in [0, 0.05) is 25.3 Å². The Kier molecular flexibility index (Phi) is 9.53. The van der Waals surface area contributed by atoms with Gasteiger partial charge in [-0.25, -0.2) is 4.39 Å². The molecule has 10 heteroatoms. The van der Waals surface area contributed by atoms with Crippen LogP contribution in [0.2, 0.25) is 0 Å². The number of rotatable bonds is 7. The molecule has 0 saturated heterocycles. The Balaban J connectivity index is 0.00000121. The fourth-order valence-corrected chi connectivity index (χ4v) is 4.77. The molecule has 0 heterocycles.